The van der Waals surface area contributed by atoms with Crippen molar-refractivity contribution in [2.75, 3.05) is 4.72 Å². The highest BCUT2D eigenvalue weighted by atomic mass is 35.5. The molecule has 3 N–H and O–H groups in total. The molecule has 2 rings (SSSR count). The van der Waals surface area contributed by atoms with Gasteiger partial charge in [0.15, 0.2) is 0 Å². The van der Waals surface area contributed by atoms with E-state index in [9.17, 15) is 18.3 Å². The molecule has 0 radical (unpaired) electrons. The van der Waals surface area contributed by atoms with Gasteiger partial charge in [-0.2, -0.15) is 0 Å². The van der Waals surface area contributed by atoms with E-state index in [0.717, 1.165) is 6.07 Å². The van der Waals surface area contributed by atoms with Crippen molar-refractivity contribution in [2.45, 2.75) is 4.90 Å². The first-order chi connectivity index (χ1) is 9.79. The minimum atomic E-state index is -3.95. The van der Waals surface area contributed by atoms with E-state index in [4.69, 9.17) is 16.7 Å². The molecule has 0 fully saturated rings. The quantitative estimate of drug-likeness (QED) is 0.749. The van der Waals surface area contributed by atoms with Crippen molar-refractivity contribution < 1.29 is 23.4 Å². The van der Waals surface area contributed by atoms with Gasteiger partial charge in [-0.15, -0.1) is 0 Å². The Morgan fingerprint density at radius 1 is 1.14 bits per heavy atom. The average Bonchev–Trinajstić information content (AvgIpc) is 2.43. The number of carboxylic acid groups (broad SMARTS) is 1. The zero-order valence-electron chi connectivity index (χ0n) is 10.4. The third-order valence-electron chi connectivity index (χ3n) is 2.59. The van der Waals surface area contributed by atoms with Gasteiger partial charge in [0.2, 0.25) is 0 Å². The zero-order chi connectivity index (χ0) is 15.6. The highest BCUT2D eigenvalue weighted by Crippen LogP contribution is 2.27. The number of rotatable bonds is 4. The molecular weight excluding hydrogens is 318 g/mol. The average molecular weight is 328 g/mol. The molecule has 0 saturated heterocycles. The summed E-state index contributed by atoms with van der Waals surface area (Å²) in [5.41, 5.74) is 0.0140. The van der Waals surface area contributed by atoms with Crippen molar-refractivity contribution in [2.24, 2.45) is 0 Å². The van der Waals surface area contributed by atoms with Crippen LogP contribution in [0.5, 0.6) is 5.75 Å². The van der Waals surface area contributed by atoms with Crippen LogP contribution in [-0.4, -0.2) is 24.6 Å². The molecule has 6 nitrogen and oxygen atoms in total. The Bertz CT molecular complexity index is 804. The molecule has 0 atom stereocenters. The Kier molecular flexibility index (Phi) is 4.06. The summed E-state index contributed by atoms with van der Waals surface area (Å²) in [7, 11) is -3.95. The van der Waals surface area contributed by atoms with E-state index in [1.54, 1.807) is 0 Å². The molecule has 0 unspecified atom stereocenters. The molecule has 2 aromatic rings. The van der Waals surface area contributed by atoms with Gasteiger partial charge < -0.3 is 10.2 Å². The molecule has 21 heavy (non-hydrogen) atoms. The number of nitrogens with one attached hydrogen (secondary N) is 1. The second-order valence-corrected chi connectivity index (χ2v) is 6.19. The number of anilines is 1. The van der Waals surface area contributed by atoms with E-state index in [2.05, 4.69) is 4.72 Å². The van der Waals surface area contributed by atoms with Gasteiger partial charge >= 0.3 is 5.97 Å². The van der Waals surface area contributed by atoms with Crippen LogP contribution in [0, 0.1) is 0 Å². The van der Waals surface area contributed by atoms with Crippen LogP contribution in [-0.2, 0) is 10.0 Å². The van der Waals surface area contributed by atoms with Crippen molar-refractivity contribution in [3.8, 4) is 5.75 Å². The summed E-state index contributed by atoms with van der Waals surface area (Å²) in [6.07, 6.45) is 0. The number of hydrogen-bond donors (Lipinski definition) is 3. The van der Waals surface area contributed by atoms with Crippen LogP contribution in [0.2, 0.25) is 5.02 Å². The summed E-state index contributed by atoms with van der Waals surface area (Å²) in [6, 6.07) is 8.77. The van der Waals surface area contributed by atoms with Crippen LogP contribution < -0.4 is 4.72 Å². The maximum Gasteiger partial charge on any atom is 0.335 e. The molecule has 0 bridgehead atoms. The van der Waals surface area contributed by atoms with Crippen molar-refractivity contribution in [1.82, 2.24) is 0 Å². The van der Waals surface area contributed by atoms with Gasteiger partial charge in [-0.3, -0.25) is 4.72 Å². The first-order valence-corrected chi connectivity index (χ1v) is 7.50. The lowest BCUT2D eigenvalue weighted by Gasteiger charge is -2.09. The van der Waals surface area contributed by atoms with E-state index in [1.165, 1.54) is 36.4 Å². The Morgan fingerprint density at radius 3 is 2.48 bits per heavy atom. The fourth-order valence-corrected chi connectivity index (χ4v) is 2.86. The fourth-order valence-electron chi connectivity index (χ4n) is 1.58. The van der Waals surface area contributed by atoms with Gasteiger partial charge in [0.25, 0.3) is 10.0 Å². The maximum absolute atomic E-state index is 12.2. The maximum atomic E-state index is 12.2. The van der Waals surface area contributed by atoms with E-state index < -0.39 is 16.0 Å². The standard InChI is InChI=1S/C13H10ClNO5S/c14-11-7-9(4-5-12(11)16)15-21(19,20)10-3-1-2-8(6-10)13(17)18/h1-7,15-16H,(H,17,18). The molecule has 0 heterocycles. The van der Waals surface area contributed by atoms with Crippen molar-refractivity contribution in [1.29, 1.82) is 0 Å². The minimum Gasteiger partial charge on any atom is -0.506 e. The van der Waals surface area contributed by atoms with Gasteiger partial charge in [0.05, 0.1) is 21.2 Å². The first-order valence-electron chi connectivity index (χ1n) is 5.64. The number of aromatic hydroxyl groups is 1. The third kappa shape index (κ3) is 3.45. The number of aromatic carboxylic acids is 1. The third-order valence-corrected chi connectivity index (χ3v) is 4.27. The molecule has 0 amide bonds. The summed E-state index contributed by atoms with van der Waals surface area (Å²) in [4.78, 5) is 10.7. The minimum absolute atomic E-state index is 0.00510. The topological polar surface area (TPSA) is 104 Å². The summed E-state index contributed by atoms with van der Waals surface area (Å²) in [5.74, 6) is -1.40. The summed E-state index contributed by atoms with van der Waals surface area (Å²) in [6.45, 7) is 0. The van der Waals surface area contributed by atoms with Gasteiger partial charge in [-0.25, -0.2) is 13.2 Å². The number of phenolic OH excluding ortho intramolecular Hbond substituents is 1. The summed E-state index contributed by atoms with van der Waals surface area (Å²) < 4.78 is 26.6. The lowest BCUT2D eigenvalue weighted by atomic mass is 10.2. The Balaban J connectivity index is 2.36. The van der Waals surface area contributed by atoms with E-state index in [-0.39, 0.29) is 26.9 Å². The van der Waals surface area contributed by atoms with Gasteiger partial charge in [0.1, 0.15) is 5.75 Å². The number of carbonyl (C=O) groups is 1. The normalized spacial score (nSPS) is 11.1. The summed E-state index contributed by atoms with van der Waals surface area (Å²) >= 11 is 5.69. The molecule has 0 aliphatic carbocycles. The second-order valence-electron chi connectivity index (χ2n) is 4.10. The van der Waals surface area contributed by atoms with Crippen LogP contribution in [0.4, 0.5) is 5.69 Å². The second kappa shape index (κ2) is 5.63. The Labute approximate surface area is 125 Å². The number of phenols is 1. The number of carboxylic acids is 1. The molecule has 0 spiro atoms. The van der Waals surface area contributed by atoms with E-state index in [1.807, 2.05) is 0 Å². The molecule has 110 valence electrons. The zero-order valence-corrected chi connectivity index (χ0v) is 12.0. The lowest BCUT2D eigenvalue weighted by molar-refractivity contribution is 0.0696. The van der Waals surface area contributed by atoms with Gasteiger partial charge in [-0.1, -0.05) is 17.7 Å². The molecule has 0 aliphatic heterocycles. The first kappa shape index (κ1) is 15.1. The number of sulfonamides is 1. The van der Waals surface area contributed by atoms with Crippen LogP contribution in [0.15, 0.2) is 47.4 Å². The molecule has 0 saturated carbocycles. The molecule has 0 aliphatic rings. The van der Waals surface area contributed by atoms with Crippen molar-refractivity contribution >= 4 is 33.3 Å². The largest absolute Gasteiger partial charge is 0.506 e. The van der Waals surface area contributed by atoms with E-state index >= 15 is 0 Å². The fraction of sp³-hybridized carbons (Fsp3) is 0. The molecular formula is C13H10ClNO5S. The molecule has 0 aromatic heterocycles. The van der Waals surface area contributed by atoms with Crippen molar-refractivity contribution in [3.63, 3.8) is 0 Å². The smallest absolute Gasteiger partial charge is 0.335 e. The SMILES string of the molecule is O=C(O)c1cccc(S(=O)(=O)Nc2ccc(O)c(Cl)c2)c1. The monoisotopic (exact) mass is 327 g/mol. The lowest BCUT2D eigenvalue weighted by Crippen LogP contribution is -2.13. The predicted octanol–water partition coefficient (Wildman–Crippen LogP) is 2.54. The van der Waals surface area contributed by atoms with Crippen molar-refractivity contribution in [3.05, 3.63) is 53.1 Å². The van der Waals surface area contributed by atoms with Gasteiger partial charge in [-0.05, 0) is 36.4 Å². The van der Waals surface area contributed by atoms with Crippen LogP contribution in [0.25, 0.3) is 0 Å². The summed E-state index contributed by atoms with van der Waals surface area (Å²) in [5, 5.41) is 18.1. The predicted molar refractivity (Wildman–Crippen MR) is 77.3 cm³/mol. The van der Waals surface area contributed by atoms with Crippen LogP contribution >= 0.6 is 11.6 Å². The number of halogens is 1. The van der Waals surface area contributed by atoms with Crippen LogP contribution in [0.3, 0.4) is 0 Å². The highest BCUT2D eigenvalue weighted by molar-refractivity contribution is 7.92. The highest BCUT2D eigenvalue weighted by Gasteiger charge is 2.16. The molecule has 2 aromatic carbocycles. The van der Waals surface area contributed by atoms with Crippen LogP contribution in [0.1, 0.15) is 10.4 Å². The number of hydrogen-bond acceptors (Lipinski definition) is 4. The molecule has 8 heteroatoms. The van der Waals surface area contributed by atoms with Gasteiger partial charge in [0, 0.05) is 0 Å². The number of benzene rings is 2. The Morgan fingerprint density at radius 2 is 1.86 bits per heavy atom. The van der Waals surface area contributed by atoms with E-state index in [0.29, 0.717) is 0 Å². The Hall–Kier alpha value is -2.25.